The lowest BCUT2D eigenvalue weighted by Gasteiger charge is -2.51. The summed E-state index contributed by atoms with van der Waals surface area (Å²) in [5.74, 6) is -0.329. The molecule has 5 nitrogen and oxygen atoms in total. The lowest BCUT2D eigenvalue weighted by atomic mass is 9.71. The van der Waals surface area contributed by atoms with Gasteiger partial charge in [0.2, 0.25) is 0 Å². The van der Waals surface area contributed by atoms with Crippen molar-refractivity contribution in [3.8, 4) is 0 Å². The maximum absolute atomic E-state index is 12.4. The van der Waals surface area contributed by atoms with E-state index in [-0.39, 0.29) is 17.4 Å². The molecule has 116 valence electrons. The van der Waals surface area contributed by atoms with Gasteiger partial charge in [-0.3, -0.25) is 9.69 Å². The van der Waals surface area contributed by atoms with Gasteiger partial charge < -0.3 is 15.2 Å². The van der Waals surface area contributed by atoms with Gasteiger partial charge in [0.15, 0.2) is 0 Å². The van der Waals surface area contributed by atoms with E-state index in [2.05, 4.69) is 4.90 Å². The fourth-order valence-corrected chi connectivity index (χ4v) is 3.84. The van der Waals surface area contributed by atoms with Crippen LogP contribution in [0.5, 0.6) is 0 Å². The van der Waals surface area contributed by atoms with Crippen LogP contribution in [0.15, 0.2) is 0 Å². The van der Waals surface area contributed by atoms with Gasteiger partial charge in [-0.2, -0.15) is 0 Å². The Hall–Kier alpha value is -0.650. The van der Waals surface area contributed by atoms with Gasteiger partial charge in [-0.1, -0.05) is 19.3 Å². The Kier molecular flexibility index (Phi) is 5.81. The normalized spacial score (nSPS) is 25.1. The van der Waals surface area contributed by atoms with Gasteiger partial charge in [0, 0.05) is 25.2 Å². The average molecular weight is 284 g/mol. The van der Waals surface area contributed by atoms with Gasteiger partial charge in [0.25, 0.3) is 0 Å². The van der Waals surface area contributed by atoms with E-state index in [9.17, 15) is 4.79 Å². The monoisotopic (exact) mass is 284 g/mol. The van der Waals surface area contributed by atoms with Gasteiger partial charge in [-0.05, 0) is 19.8 Å². The van der Waals surface area contributed by atoms with Gasteiger partial charge in [-0.15, -0.1) is 0 Å². The van der Waals surface area contributed by atoms with E-state index in [1.54, 1.807) is 0 Å². The van der Waals surface area contributed by atoms with Crippen LogP contribution in [0.2, 0.25) is 0 Å². The summed E-state index contributed by atoms with van der Waals surface area (Å²) in [5, 5.41) is 0. The SMILES string of the molecule is CCOC(=O)C(CN)C1(N2CCOCC2)CCCCC1. The zero-order valence-corrected chi connectivity index (χ0v) is 12.6. The summed E-state index contributed by atoms with van der Waals surface area (Å²) in [6.45, 7) is 5.95. The number of carbonyl (C=O) groups excluding carboxylic acids is 1. The fraction of sp³-hybridized carbons (Fsp3) is 0.933. The second-order valence-corrected chi connectivity index (χ2v) is 5.80. The van der Waals surface area contributed by atoms with E-state index < -0.39 is 0 Å². The second kappa shape index (κ2) is 7.38. The number of hydrogen-bond acceptors (Lipinski definition) is 5. The molecule has 0 aromatic carbocycles. The first-order chi connectivity index (χ1) is 9.74. The molecule has 0 radical (unpaired) electrons. The largest absolute Gasteiger partial charge is 0.466 e. The maximum Gasteiger partial charge on any atom is 0.312 e. The van der Waals surface area contributed by atoms with E-state index in [1.807, 2.05) is 6.92 Å². The van der Waals surface area contributed by atoms with E-state index in [0.717, 1.165) is 39.1 Å². The smallest absolute Gasteiger partial charge is 0.312 e. The van der Waals surface area contributed by atoms with E-state index in [4.69, 9.17) is 15.2 Å². The van der Waals surface area contributed by atoms with Crippen molar-refractivity contribution in [1.82, 2.24) is 4.90 Å². The minimum atomic E-state index is -0.208. The Balaban J connectivity index is 2.21. The van der Waals surface area contributed by atoms with Crippen LogP contribution in [-0.4, -0.2) is 55.9 Å². The first-order valence-electron chi connectivity index (χ1n) is 7.94. The molecule has 1 heterocycles. The number of esters is 1. The van der Waals surface area contributed by atoms with Crippen LogP contribution in [0, 0.1) is 5.92 Å². The molecule has 1 aliphatic heterocycles. The predicted molar refractivity (Wildman–Crippen MR) is 77.4 cm³/mol. The Bertz CT molecular complexity index is 310. The van der Waals surface area contributed by atoms with Gasteiger partial charge in [0.1, 0.15) is 0 Å². The van der Waals surface area contributed by atoms with E-state index >= 15 is 0 Å². The first kappa shape index (κ1) is 15.7. The van der Waals surface area contributed by atoms with Crippen LogP contribution >= 0.6 is 0 Å². The quantitative estimate of drug-likeness (QED) is 0.768. The molecule has 0 bridgehead atoms. The number of nitrogens with zero attached hydrogens (tertiary/aromatic N) is 1. The van der Waals surface area contributed by atoms with Crippen molar-refractivity contribution < 1.29 is 14.3 Å². The number of ether oxygens (including phenoxy) is 2. The molecule has 1 saturated carbocycles. The summed E-state index contributed by atoms with van der Waals surface area (Å²) in [5.41, 5.74) is 5.86. The summed E-state index contributed by atoms with van der Waals surface area (Å²) < 4.78 is 10.8. The lowest BCUT2D eigenvalue weighted by Crippen LogP contribution is -2.62. The number of carbonyl (C=O) groups is 1. The molecule has 1 unspecified atom stereocenters. The van der Waals surface area contributed by atoms with E-state index in [0.29, 0.717) is 13.2 Å². The average Bonchev–Trinajstić information content (AvgIpc) is 2.50. The van der Waals surface area contributed by atoms with Crippen LogP contribution in [-0.2, 0) is 14.3 Å². The fourth-order valence-electron chi connectivity index (χ4n) is 3.84. The zero-order valence-electron chi connectivity index (χ0n) is 12.6. The third kappa shape index (κ3) is 3.15. The van der Waals surface area contributed by atoms with Crippen LogP contribution in [0.1, 0.15) is 39.0 Å². The molecule has 5 heteroatoms. The molecule has 2 rings (SSSR count). The Morgan fingerprint density at radius 2 is 1.95 bits per heavy atom. The third-order valence-electron chi connectivity index (χ3n) is 4.82. The minimum absolute atomic E-state index is 0.108. The van der Waals surface area contributed by atoms with Crippen molar-refractivity contribution in [1.29, 1.82) is 0 Å². The lowest BCUT2D eigenvalue weighted by molar-refractivity contribution is -0.158. The number of morpholine rings is 1. The Morgan fingerprint density at radius 1 is 1.30 bits per heavy atom. The predicted octanol–water partition coefficient (Wildman–Crippen LogP) is 1.16. The summed E-state index contributed by atoms with van der Waals surface area (Å²) >= 11 is 0. The van der Waals surface area contributed by atoms with Crippen LogP contribution in [0.25, 0.3) is 0 Å². The zero-order chi connectivity index (χ0) is 14.4. The van der Waals surface area contributed by atoms with Crippen LogP contribution < -0.4 is 5.73 Å². The van der Waals surface area contributed by atoms with Crippen molar-refractivity contribution in [2.75, 3.05) is 39.5 Å². The molecule has 2 fully saturated rings. The van der Waals surface area contributed by atoms with Crippen LogP contribution in [0.4, 0.5) is 0 Å². The number of rotatable bonds is 5. The highest BCUT2D eigenvalue weighted by Crippen LogP contribution is 2.40. The highest BCUT2D eigenvalue weighted by Gasteiger charge is 2.48. The molecule has 0 amide bonds. The molecule has 2 aliphatic rings. The maximum atomic E-state index is 12.4. The molecule has 1 aliphatic carbocycles. The summed E-state index contributed by atoms with van der Waals surface area (Å²) in [6, 6.07) is 0. The molecule has 1 saturated heterocycles. The number of nitrogens with two attached hydrogens (primary N) is 1. The summed E-state index contributed by atoms with van der Waals surface area (Å²) in [4.78, 5) is 14.8. The topological polar surface area (TPSA) is 64.8 Å². The van der Waals surface area contributed by atoms with Crippen molar-refractivity contribution in [2.45, 2.75) is 44.6 Å². The minimum Gasteiger partial charge on any atom is -0.466 e. The molecular weight excluding hydrogens is 256 g/mol. The first-order valence-corrected chi connectivity index (χ1v) is 7.94. The Labute approximate surface area is 121 Å². The van der Waals surface area contributed by atoms with Crippen molar-refractivity contribution in [3.05, 3.63) is 0 Å². The summed E-state index contributed by atoms with van der Waals surface area (Å²) in [7, 11) is 0. The van der Waals surface area contributed by atoms with Gasteiger partial charge in [-0.25, -0.2) is 0 Å². The van der Waals surface area contributed by atoms with E-state index in [1.165, 1.54) is 19.3 Å². The van der Waals surface area contributed by atoms with Crippen molar-refractivity contribution in [3.63, 3.8) is 0 Å². The molecule has 0 aromatic rings. The molecule has 20 heavy (non-hydrogen) atoms. The van der Waals surface area contributed by atoms with Crippen LogP contribution in [0.3, 0.4) is 0 Å². The second-order valence-electron chi connectivity index (χ2n) is 5.80. The van der Waals surface area contributed by atoms with Gasteiger partial charge in [0.05, 0.1) is 25.7 Å². The van der Waals surface area contributed by atoms with Crippen molar-refractivity contribution >= 4 is 5.97 Å². The highest BCUT2D eigenvalue weighted by atomic mass is 16.5. The molecular formula is C15H28N2O3. The Morgan fingerprint density at radius 3 is 2.50 bits per heavy atom. The number of hydrogen-bond donors (Lipinski definition) is 1. The third-order valence-corrected chi connectivity index (χ3v) is 4.82. The standard InChI is InChI=1S/C15H28N2O3/c1-2-20-14(18)13(12-16)15(6-4-3-5-7-15)17-8-10-19-11-9-17/h13H,2-12,16H2,1H3. The summed E-state index contributed by atoms with van der Waals surface area (Å²) in [6.07, 6.45) is 5.70. The molecule has 2 N–H and O–H groups in total. The molecule has 1 atom stereocenters. The molecule has 0 aromatic heterocycles. The molecule has 0 spiro atoms. The van der Waals surface area contributed by atoms with Crippen molar-refractivity contribution in [2.24, 2.45) is 11.7 Å². The van der Waals surface area contributed by atoms with Gasteiger partial charge >= 0.3 is 5.97 Å². The highest BCUT2D eigenvalue weighted by molar-refractivity contribution is 5.74.